The van der Waals surface area contributed by atoms with Gasteiger partial charge < -0.3 is 15.0 Å². The first kappa shape index (κ1) is 21.6. The van der Waals surface area contributed by atoms with Crippen LogP contribution in [0.5, 0.6) is 0 Å². The number of carbonyl (C=O) groups is 3. The molecule has 8 heteroatoms. The zero-order chi connectivity index (χ0) is 22.8. The highest BCUT2D eigenvalue weighted by Gasteiger charge is 2.39. The number of ether oxygens (including phenoxy) is 1. The van der Waals surface area contributed by atoms with Crippen molar-refractivity contribution >= 4 is 23.4 Å². The molecule has 0 radical (unpaired) electrons. The maximum atomic E-state index is 13.3. The fourth-order valence-corrected chi connectivity index (χ4v) is 4.97. The molecule has 1 aromatic heterocycles. The van der Waals surface area contributed by atoms with Crippen LogP contribution >= 0.6 is 0 Å². The summed E-state index contributed by atoms with van der Waals surface area (Å²) in [5.41, 5.74) is 2.45. The minimum Gasteiger partial charge on any atom is -0.376 e. The molecule has 4 heterocycles. The number of hydrogen-bond donors (Lipinski definition) is 1. The lowest BCUT2D eigenvalue weighted by Crippen LogP contribution is -2.45. The fraction of sp³-hybridized carbons (Fsp3) is 0.440. The van der Waals surface area contributed by atoms with E-state index in [1.54, 1.807) is 30.6 Å². The first-order chi connectivity index (χ1) is 16.1. The SMILES string of the molecule is O=C(NC[C@@H]1CCCO1)[C@H]1CCCN(c2cccc3c2C(=O)N(Cc2ccncc2)C3=O)C1. The molecule has 2 saturated heterocycles. The van der Waals surface area contributed by atoms with Gasteiger partial charge in [0.05, 0.1) is 35.4 Å². The fourth-order valence-electron chi connectivity index (χ4n) is 4.97. The first-order valence-electron chi connectivity index (χ1n) is 11.6. The number of rotatable bonds is 6. The van der Waals surface area contributed by atoms with Gasteiger partial charge in [-0.1, -0.05) is 6.07 Å². The molecule has 1 N–H and O–H groups in total. The summed E-state index contributed by atoms with van der Waals surface area (Å²) in [6, 6.07) is 9.01. The number of fused-ring (bicyclic) bond motifs is 1. The number of imide groups is 1. The third-order valence-corrected chi connectivity index (χ3v) is 6.73. The summed E-state index contributed by atoms with van der Waals surface area (Å²) >= 11 is 0. The van der Waals surface area contributed by atoms with E-state index in [2.05, 4.69) is 15.2 Å². The lowest BCUT2D eigenvalue weighted by atomic mass is 9.95. The Morgan fingerprint density at radius 3 is 2.73 bits per heavy atom. The molecule has 8 nitrogen and oxygen atoms in total. The van der Waals surface area contributed by atoms with Crippen molar-refractivity contribution in [3.8, 4) is 0 Å². The van der Waals surface area contributed by atoms with Crippen LogP contribution in [-0.4, -0.2) is 60.0 Å². The molecule has 0 saturated carbocycles. The van der Waals surface area contributed by atoms with E-state index >= 15 is 0 Å². The van der Waals surface area contributed by atoms with Crippen LogP contribution in [0.3, 0.4) is 0 Å². The number of benzene rings is 1. The smallest absolute Gasteiger partial charge is 0.263 e. The number of aromatic nitrogens is 1. The summed E-state index contributed by atoms with van der Waals surface area (Å²) in [6.07, 6.45) is 7.10. The molecule has 33 heavy (non-hydrogen) atoms. The molecule has 1 aromatic carbocycles. The molecule has 2 fully saturated rings. The zero-order valence-electron chi connectivity index (χ0n) is 18.5. The monoisotopic (exact) mass is 448 g/mol. The van der Waals surface area contributed by atoms with E-state index in [9.17, 15) is 14.4 Å². The summed E-state index contributed by atoms with van der Waals surface area (Å²) in [5, 5.41) is 3.04. The molecule has 0 spiro atoms. The first-order valence-corrected chi connectivity index (χ1v) is 11.6. The Balaban J connectivity index is 1.31. The maximum Gasteiger partial charge on any atom is 0.263 e. The van der Waals surface area contributed by atoms with Crippen molar-refractivity contribution in [2.75, 3.05) is 31.1 Å². The minimum atomic E-state index is -0.285. The van der Waals surface area contributed by atoms with E-state index in [1.165, 1.54) is 4.90 Å². The second-order valence-electron chi connectivity index (χ2n) is 8.92. The van der Waals surface area contributed by atoms with Crippen LogP contribution < -0.4 is 10.2 Å². The highest BCUT2D eigenvalue weighted by Crippen LogP contribution is 2.34. The summed E-state index contributed by atoms with van der Waals surface area (Å²) in [5.74, 6) is -0.690. The van der Waals surface area contributed by atoms with Crippen LogP contribution in [0.2, 0.25) is 0 Å². The molecule has 2 atom stereocenters. The predicted molar refractivity (Wildman–Crippen MR) is 122 cm³/mol. The zero-order valence-corrected chi connectivity index (χ0v) is 18.5. The van der Waals surface area contributed by atoms with E-state index < -0.39 is 0 Å². The lowest BCUT2D eigenvalue weighted by molar-refractivity contribution is -0.125. The van der Waals surface area contributed by atoms with Gasteiger partial charge in [0.2, 0.25) is 5.91 Å². The van der Waals surface area contributed by atoms with E-state index in [0.29, 0.717) is 24.2 Å². The molecule has 172 valence electrons. The van der Waals surface area contributed by atoms with Crippen molar-refractivity contribution in [1.82, 2.24) is 15.2 Å². The van der Waals surface area contributed by atoms with Gasteiger partial charge in [0, 0.05) is 38.6 Å². The van der Waals surface area contributed by atoms with Gasteiger partial charge in [0.1, 0.15) is 0 Å². The maximum absolute atomic E-state index is 13.3. The van der Waals surface area contributed by atoms with Gasteiger partial charge in [0.15, 0.2) is 0 Å². The Labute approximate surface area is 192 Å². The summed E-state index contributed by atoms with van der Waals surface area (Å²) in [6.45, 7) is 2.80. The average Bonchev–Trinajstić information content (AvgIpc) is 3.46. The van der Waals surface area contributed by atoms with Crippen molar-refractivity contribution in [3.05, 3.63) is 59.4 Å². The Morgan fingerprint density at radius 2 is 1.94 bits per heavy atom. The normalized spacial score (nSPS) is 22.5. The number of pyridine rings is 1. The van der Waals surface area contributed by atoms with Gasteiger partial charge in [-0.2, -0.15) is 0 Å². The average molecular weight is 449 g/mol. The number of nitrogens with zero attached hydrogens (tertiary/aromatic N) is 3. The van der Waals surface area contributed by atoms with Crippen LogP contribution in [0, 0.1) is 5.92 Å². The van der Waals surface area contributed by atoms with Crippen molar-refractivity contribution in [1.29, 1.82) is 0 Å². The molecule has 0 bridgehead atoms. The number of nitrogens with one attached hydrogen (secondary N) is 1. The van der Waals surface area contributed by atoms with E-state index in [4.69, 9.17) is 4.74 Å². The lowest BCUT2D eigenvalue weighted by Gasteiger charge is -2.34. The topological polar surface area (TPSA) is 91.8 Å². The third-order valence-electron chi connectivity index (χ3n) is 6.73. The predicted octanol–water partition coefficient (Wildman–Crippen LogP) is 2.39. The van der Waals surface area contributed by atoms with Crippen LogP contribution in [0.4, 0.5) is 5.69 Å². The van der Waals surface area contributed by atoms with Crippen molar-refractivity contribution in [3.63, 3.8) is 0 Å². The van der Waals surface area contributed by atoms with Crippen LogP contribution in [-0.2, 0) is 16.1 Å². The van der Waals surface area contributed by atoms with Crippen molar-refractivity contribution < 1.29 is 19.1 Å². The van der Waals surface area contributed by atoms with Gasteiger partial charge in [-0.05, 0) is 55.5 Å². The van der Waals surface area contributed by atoms with Gasteiger partial charge in [0.25, 0.3) is 11.8 Å². The highest BCUT2D eigenvalue weighted by molar-refractivity contribution is 6.23. The molecule has 0 aliphatic carbocycles. The molecule has 3 aliphatic rings. The molecule has 0 unspecified atom stereocenters. The third kappa shape index (κ3) is 4.35. The van der Waals surface area contributed by atoms with Crippen LogP contribution in [0.1, 0.15) is 52.0 Å². The summed E-state index contributed by atoms with van der Waals surface area (Å²) < 4.78 is 5.60. The second-order valence-corrected chi connectivity index (χ2v) is 8.92. The largest absolute Gasteiger partial charge is 0.376 e. The van der Waals surface area contributed by atoms with Gasteiger partial charge in [-0.25, -0.2) is 0 Å². The molecule has 5 rings (SSSR count). The number of amides is 3. The molecular weight excluding hydrogens is 420 g/mol. The Kier molecular flexibility index (Phi) is 6.09. The number of piperidine rings is 1. The Hall–Kier alpha value is -3.26. The second kappa shape index (κ2) is 9.31. The van der Waals surface area contributed by atoms with E-state index in [0.717, 1.165) is 50.1 Å². The molecule has 2 aromatic rings. The quantitative estimate of drug-likeness (QED) is 0.683. The van der Waals surface area contributed by atoms with Crippen LogP contribution in [0.15, 0.2) is 42.7 Å². The molecule has 3 amide bonds. The Morgan fingerprint density at radius 1 is 1.09 bits per heavy atom. The Bertz CT molecular complexity index is 1050. The van der Waals surface area contributed by atoms with Gasteiger partial charge >= 0.3 is 0 Å². The minimum absolute atomic E-state index is 0.0319. The number of anilines is 1. The van der Waals surface area contributed by atoms with E-state index in [-0.39, 0.29) is 36.3 Å². The standard InChI is InChI=1S/C25H28N4O4/c30-23(27-14-19-5-3-13-33-19)18-4-2-12-28(16-18)21-7-1-6-20-22(21)25(32)29(24(20)31)15-17-8-10-26-11-9-17/h1,6-11,18-19H,2-5,12-16H2,(H,27,30)/t18-,19-/m0/s1. The summed E-state index contributed by atoms with van der Waals surface area (Å²) in [7, 11) is 0. The van der Waals surface area contributed by atoms with Gasteiger partial charge in [-0.15, -0.1) is 0 Å². The van der Waals surface area contributed by atoms with Crippen molar-refractivity contribution in [2.45, 2.75) is 38.3 Å². The molecule has 3 aliphatic heterocycles. The van der Waals surface area contributed by atoms with Crippen LogP contribution in [0.25, 0.3) is 0 Å². The number of carbonyl (C=O) groups excluding carboxylic acids is 3. The van der Waals surface area contributed by atoms with Crippen molar-refractivity contribution in [2.24, 2.45) is 5.92 Å². The highest BCUT2D eigenvalue weighted by atomic mass is 16.5. The van der Waals surface area contributed by atoms with Gasteiger partial charge in [-0.3, -0.25) is 24.3 Å². The molecular formula is C25H28N4O4. The summed E-state index contributed by atoms with van der Waals surface area (Å²) in [4.78, 5) is 46.5. The van der Waals surface area contributed by atoms with E-state index in [1.807, 2.05) is 12.1 Å². The number of hydrogen-bond acceptors (Lipinski definition) is 6.